The van der Waals surface area contributed by atoms with Gasteiger partial charge in [0.2, 0.25) is 0 Å². The van der Waals surface area contributed by atoms with Gasteiger partial charge in [-0.3, -0.25) is 4.79 Å². The summed E-state index contributed by atoms with van der Waals surface area (Å²) < 4.78 is 0. The standard InChI is InChI=1S/C17H14O3/c18-16-6-2-3-11-7-8-13(10-15(11)16)12-4-1-5-14(9-12)17(19)20/h1,4-5,7-10H,2-3,6H2,(H,19,20). The van der Waals surface area contributed by atoms with Gasteiger partial charge in [-0.2, -0.15) is 0 Å². The predicted molar refractivity (Wildman–Crippen MR) is 76.1 cm³/mol. The lowest BCUT2D eigenvalue weighted by Crippen LogP contribution is -2.10. The van der Waals surface area contributed by atoms with E-state index >= 15 is 0 Å². The minimum absolute atomic E-state index is 0.183. The molecule has 3 heteroatoms. The third kappa shape index (κ3) is 2.23. The average molecular weight is 266 g/mol. The number of hydrogen-bond acceptors (Lipinski definition) is 2. The average Bonchev–Trinajstić information content (AvgIpc) is 2.47. The van der Waals surface area contributed by atoms with E-state index in [9.17, 15) is 9.59 Å². The van der Waals surface area contributed by atoms with E-state index in [0.29, 0.717) is 6.42 Å². The van der Waals surface area contributed by atoms with Crippen LogP contribution in [0.3, 0.4) is 0 Å². The van der Waals surface area contributed by atoms with Gasteiger partial charge >= 0.3 is 5.97 Å². The molecule has 3 nitrogen and oxygen atoms in total. The summed E-state index contributed by atoms with van der Waals surface area (Å²) in [6.07, 6.45) is 2.46. The second kappa shape index (κ2) is 4.93. The minimum atomic E-state index is -0.944. The number of Topliss-reactive ketones (excluding diaryl/α,β-unsaturated/α-hetero) is 1. The molecular weight excluding hydrogens is 252 g/mol. The van der Waals surface area contributed by atoms with Gasteiger partial charge in [0.05, 0.1) is 5.56 Å². The van der Waals surface area contributed by atoms with E-state index in [0.717, 1.165) is 35.1 Å². The first-order valence-electron chi connectivity index (χ1n) is 6.65. The molecule has 1 aliphatic rings. The van der Waals surface area contributed by atoms with Gasteiger partial charge in [-0.1, -0.05) is 24.3 Å². The number of benzene rings is 2. The van der Waals surface area contributed by atoms with E-state index in [1.54, 1.807) is 18.2 Å². The van der Waals surface area contributed by atoms with Gasteiger partial charge < -0.3 is 5.11 Å². The van der Waals surface area contributed by atoms with Gasteiger partial charge in [-0.15, -0.1) is 0 Å². The van der Waals surface area contributed by atoms with Crippen LogP contribution in [-0.4, -0.2) is 16.9 Å². The van der Waals surface area contributed by atoms with Crippen molar-refractivity contribution in [3.8, 4) is 11.1 Å². The summed E-state index contributed by atoms with van der Waals surface area (Å²) in [6, 6.07) is 12.6. The van der Waals surface area contributed by atoms with Gasteiger partial charge in [-0.25, -0.2) is 4.79 Å². The summed E-state index contributed by atoms with van der Waals surface area (Å²) >= 11 is 0. The van der Waals surface area contributed by atoms with Crippen molar-refractivity contribution in [2.24, 2.45) is 0 Å². The monoisotopic (exact) mass is 266 g/mol. The fourth-order valence-corrected chi connectivity index (χ4v) is 2.64. The second-order valence-corrected chi connectivity index (χ2v) is 5.03. The van der Waals surface area contributed by atoms with E-state index in [2.05, 4.69) is 0 Å². The largest absolute Gasteiger partial charge is 0.478 e. The second-order valence-electron chi connectivity index (χ2n) is 5.03. The molecule has 0 heterocycles. The fraction of sp³-hybridized carbons (Fsp3) is 0.176. The molecule has 0 spiro atoms. The first kappa shape index (κ1) is 12.6. The van der Waals surface area contributed by atoms with E-state index in [1.165, 1.54) is 0 Å². The Kier molecular flexibility index (Phi) is 3.11. The topological polar surface area (TPSA) is 54.4 Å². The maximum atomic E-state index is 12.0. The highest BCUT2D eigenvalue weighted by Crippen LogP contribution is 2.28. The highest BCUT2D eigenvalue weighted by Gasteiger charge is 2.17. The Morgan fingerprint density at radius 1 is 1.00 bits per heavy atom. The number of carbonyl (C=O) groups excluding carboxylic acids is 1. The quantitative estimate of drug-likeness (QED) is 0.904. The predicted octanol–water partition coefficient (Wildman–Crippen LogP) is 3.57. The molecule has 0 aliphatic heterocycles. The normalized spacial score (nSPS) is 13.9. The number of rotatable bonds is 2. The summed E-state index contributed by atoms with van der Waals surface area (Å²) in [7, 11) is 0. The van der Waals surface area contributed by atoms with E-state index in [1.807, 2.05) is 24.3 Å². The molecule has 2 aromatic rings. The Balaban J connectivity index is 2.07. The SMILES string of the molecule is O=C(O)c1cccc(-c2ccc3c(c2)C(=O)CCC3)c1. The zero-order chi connectivity index (χ0) is 14.1. The van der Waals surface area contributed by atoms with Crippen molar-refractivity contribution in [1.29, 1.82) is 0 Å². The number of fused-ring (bicyclic) bond motifs is 1. The van der Waals surface area contributed by atoms with Crippen molar-refractivity contribution in [1.82, 2.24) is 0 Å². The lowest BCUT2D eigenvalue weighted by molar-refractivity contribution is 0.0696. The van der Waals surface area contributed by atoms with E-state index in [4.69, 9.17) is 5.11 Å². The smallest absolute Gasteiger partial charge is 0.335 e. The molecule has 0 saturated carbocycles. The van der Waals surface area contributed by atoms with Crippen LogP contribution in [0.25, 0.3) is 11.1 Å². The number of aryl methyl sites for hydroxylation is 1. The molecule has 100 valence electrons. The Hall–Kier alpha value is -2.42. The maximum Gasteiger partial charge on any atom is 0.335 e. The van der Waals surface area contributed by atoms with Crippen LogP contribution in [0, 0.1) is 0 Å². The van der Waals surface area contributed by atoms with Gasteiger partial charge in [0, 0.05) is 12.0 Å². The Morgan fingerprint density at radius 3 is 2.60 bits per heavy atom. The molecule has 20 heavy (non-hydrogen) atoms. The number of ketones is 1. The van der Waals surface area contributed by atoms with Crippen molar-refractivity contribution in [2.45, 2.75) is 19.3 Å². The zero-order valence-electron chi connectivity index (χ0n) is 10.9. The minimum Gasteiger partial charge on any atom is -0.478 e. The number of aromatic carboxylic acids is 1. The first-order chi connectivity index (χ1) is 9.65. The van der Waals surface area contributed by atoms with Crippen LogP contribution < -0.4 is 0 Å². The number of carbonyl (C=O) groups is 2. The molecular formula is C17H14O3. The van der Waals surface area contributed by atoms with E-state index < -0.39 is 5.97 Å². The van der Waals surface area contributed by atoms with E-state index in [-0.39, 0.29) is 11.3 Å². The molecule has 0 fully saturated rings. The molecule has 0 amide bonds. The molecule has 2 aromatic carbocycles. The van der Waals surface area contributed by atoms with Crippen molar-refractivity contribution in [3.63, 3.8) is 0 Å². The molecule has 0 radical (unpaired) electrons. The molecule has 0 bridgehead atoms. The summed E-state index contributed by atoms with van der Waals surface area (Å²) in [6.45, 7) is 0. The van der Waals surface area contributed by atoms with Gasteiger partial charge in [0.25, 0.3) is 0 Å². The molecule has 1 N–H and O–H groups in total. The number of carboxylic acids is 1. The van der Waals surface area contributed by atoms with Gasteiger partial charge in [0.1, 0.15) is 0 Å². The summed E-state index contributed by atoms with van der Waals surface area (Å²) in [5.41, 5.74) is 3.86. The zero-order valence-corrected chi connectivity index (χ0v) is 10.9. The van der Waals surface area contributed by atoms with Crippen LogP contribution in [0.15, 0.2) is 42.5 Å². The van der Waals surface area contributed by atoms with Crippen LogP contribution in [0.4, 0.5) is 0 Å². The highest BCUT2D eigenvalue weighted by atomic mass is 16.4. The molecule has 0 atom stereocenters. The van der Waals surface area contributed by atoms with Crippen LogP contribution in [0.1, 0.15) is 39.1 Å². The molecule has 0 aromatic heterocycles. The highest BCUT2D eigenvalue weighted by molar-refractivity contribution is 5.99. The molecule has 3 rings (SSSR count). The third-order valence-electron chi connectivity index (χ3n) is 3.70. The van der Waals surface area contributed by atoms with Gasteiger partial charge in [-0.05, 0) is 47.7 Å². The number of carboxylic acid groups (broad SMARTS) is 1. The number of hydrogen-bond donors (Lipinski definition) is 1. The van der Waals surface area contributed by atoms with Crippen molar-refractivity contribution in [2.75, 3.05) is 0 Å². The van der Waals surface area contributed by atoms with Crippen LogP contribution in [0.5, 0.6) is 0 Å². The van der Waals surface area contributed by atoms with Crippen molar-refractivity contribution < 1.29 is 14.7 Å². The Bertz CT molecular complexity index is 701. The summed E-state index contributed by atoms with van der Waals surface area (Å²) in [5.74, 6) is -0.761. The molecule has 1 aliphatic carbocycles. The Morgan fingerprint density at radius 2 is 1.80 bits per heavy atom. The van der Waals surface area contributed by atoms with Gasteiger partial charge in [0.15, 0.2) is 5.78 Å². The summed E-state index contributed by atoms with van der Waals surface area (Å²) in [4.78, 5) is 23.0. The fourth-order valence-electron chi connectivity index (χ4n) is 2.64. The lowest BCUT2D eigenvalue weighted by Gasteiger charge is -2.15. The van der Waals surface area contributed by atoms with Crippen LogP contribution in [0.2, 0.25) is 0 Å². The molecule has 0 unspecified atom stereocenters. The molecule has 0 saturated heterocycles. The third-order valence-corrected chi connectivity index (χ3v) is 3.70. The lowest BCUT2D eigenvalue weighted by atomic mass is 9.88. The van der Waals surface area contributed by atoms with Crippen molar-refractivity contribution >= 4 is 11.8 Å². The summed E-state index contributed by atoms with van der Waals surface area (Å²) in [5, 5.41) is 9.04. The van der Waals surface area contributed by atoms with Crippen LogP contribution in [-0.2, 0) is 6.42 Å². The Labute approximate surface area is 116 Å². The van der Waals surface area contributed by atoms with Crippen LogP contribution >= 0.6 is 0 Å². The maximum absolute atomic E-state index is 12.0. The first-order valence-corrected chi connectivity index (χ1v) is 6.65. The van der Waals surface area contributed by atoms with Crippen molar-refractivity contribution in [3.05, 3.63) is 59.2 Å².